The normalized spacial score (nSPS) is 18.3. The number of hydrogen-bond donors (Lipinski definition) is 1. The minimum atomic E-state index is -0.749. The van der Waals surface area contributed by atoms with Crippen molar-refractivity contribution in [1.29, 1.82) is 0 Å². The molecule has 98 valence electrons. The average Bonchev–Trinajstić information content (AvgIpc) is 2.47. The van der Waals surface area contributed by atoms with Gasteiger partial charge in [0.2, 0.25) is 0 Å². The first-order valence-corrected chi connectivity index (χ1v) is 6.67. The number of fused-ring (bicyclic) bond motifs is 1. The number of hydrogen-bond acceptors (Lipinski definition) is 3. The summed E-state index contributed by atoms with van der Waals surface area (Å²) in [7, 11) is 0. The van der Waals surface area contributed by atoms with Crippen LogP contribution >= 0.6 is 0 Å². The first kappa shape index (κ1) is 12.1. The number of benzene rings is 1. The van der Waals surface area contributed by atoms with Gasteiger partial charge < -0.3 is 5.11 Å². The van der Waals surface area contributed by atoms with Gasteiger partial charge in [-0.05, 0) is 18.4 Å². The molecule has 1 N–H and O–H groups in total. The van der Waals surface area contributed by atoms with Gasteiger partial charge in [-0.2, -0.15) is 10.2 Å². The number of rotatable bonds is 2. The van der Waals surface area contributed by atoms with Gasteiger partial charge in [-0.15, -0.1) is 0 Å². The van der Waals surface area contributed by atoms with Gasteiger partial charge in [-0.3, -0.25) is 4.79 Å². The lowest BCUT2D eigenvalue weighted by atomic mass is 9.68. The molecule has 0 atom stereocenters. The molecule has 3 rings (SSSR count). The Labute approximate surface area is 111 Å². The average molecular weight is 256 g/mol. The van der Waals surface area contributed by atoms with Crippen molar-refractivity contribution in [1.82, 2.24) is 10.2 Å². The third-order valence-electron chi connectivity index (χ3n) is 4.22. The van der Waals surface area contributed by atoms with Crippen LogP contribution in [0.2, 0.25) is 0 Å². The SMILES string of the molecule is O=C(O)C1(c2cccc3cnncc23)CCCCC1. The van der Waals surface area contributed by atoms with Gasteiger partial charge in [0.25, 0.3) is 0 Å². The smallest absolute Gasteiger partial charge is 0.314 e. The monoisotopic (exact) mass is 256 g/mol. The summed E-state index contributed by atoms with van der Waals surface area (Å²) in [6.07, 6.45) is 7.87. The van der Waals surface area contributed by atoms with Crippen LogP contribution in [-0.2, 0) is 10.2 Å². The summed E-state index contributed by atoms with van der Waals surface area (Å²) in [5.74, 6) is -0.712. The first-order valence-electron chi connectivity index (χ1n) is 6.67. The van der Waals surface area contributed by atoms with Crippen LogP contribution in [0.3, 0.4) is 0 Å². The highest BCUT2D eigenvalue weighted by molar-refractivity contribution is 5.92. The van der Waals surface area contributed by atoms with Crippen molar-refractivity contribution in [2.75, 3.05) is 0 Å². The Hall–Kier alpha value is -1.97. The van der Waals surface area contributed by atoms with Crippen molar-refractivity contribution in [3.8, 4) is 0 Å². The molecule has 1 aromatic carbocycles. The molecule has 0 unspecified atom stereocenters. The molecule has 1 aromatic heterocycles. The van der Waals surface area contributed by atoms with Gasteiger partial charge in [-0.25, -0.2) is 0 Å². The van der Waals surface area contributed by atoms with E-state index in [4.69, 9.17) is 0 Å². The molecular weight excluding hydrogens is 240 g/mol. The zero-order chi connectivity index (χ0) is 13.3. The van der Waals surface area contributed by atoms with Crippen molar-refractivity contribution in [3.63, 3.8) is 0 Å². The van der Waals surface area contributed by atoms with Crippen LogP contribution in [0.25, 0.3) is 10.8 Å². The van der Waals surface area contributed by atoms with Crippen LogP contribution < -0.4 is 0 Å². The molecular formula is C15H16N2O2. The molecule has 1 aliphatic carbocycles. The van der Waals surface area contributed by atoms with E-state index in [0.29, 0.717) is 12.8 Å². The number of carbonyl (C=O) groups is 1. The van der Waals surface area contributed by atoms with E-state index in [0.717, 1.165) is 35.6 Å². The van der Waals surface area contributed by atoms with Gasteiger partial charge >= 0.3 is 5.97 Å². The van der Waals surface area contributed by atoms with Crippen LogP contribution in [-0.4, -0.2) is 21.3 Å². The molecule has 0 bridgehead atoms. The maximum absolute atomic E-state index is 11.9. The molecule has 0 saturated heterocycles. The third kappa shape index (κ3) is 1.87. The Balaban J connectivity index is 2.23. The summed E-state index contributed by atoms with van der Waals surface area (Å²) in [5.41, 5.74) is 0.146. The highest BCUT2D eigenvalue weighted by Gasteiger charge is 2.42. The second-order valence-electron chi connectivity index (χ2n) is 5.25. The van der Waals surface area contributed by atoms with Crippen molar-refractivity contribution in [3.05, 3.63) is 36.2 Å². The number of carboxylic acids is 1. The second-order valence-corrected chi connectivity index (χ2v) is 5.25. The van der Waals surface area contributed by atoms with Crippen molar-refractivity contribution in [2.24, 2.45) is 0 Å². The Morgan fingerprint density at radius 1 is 1.11 bits per heavy atom. The molecule has 1 aliphatic rings. The first-order chi connectivity index (χ1) is 9.24. The number of carboxylic acid groups (broad SMARTS) is 1. The molecule has 1 saturated carbocycles. The van der Waals surface area contributed by atoms with Crippen molar-refractivity contribution < 1.29 is 9.90 Å². The summed E-state index contributed by atoms with van der Waals surface area (Å²) in [6.45, 7) is 0. The number of aliphatic carboxylic acids is 1. The number of aromatic nitrogens is 2. The Morgan fingerprint density at radius 2 is 1.84 bits per heavy atom. The fourth-order valence-corrected chi connectivity index (χ4v) is 3.20. The second kappa shape index (κ2) is 4.61. The molecule has 0 amide bonds. The van der Waals surface area contributed by atoms with E-state index in [2.05, 4.69) is 10.2 Å². The fraction of sp³-hybridized carbons (Fsp3) is 0.400. The molecule has 1 heterocycles. The molecule has 0 spiro atoms. The van der Waals surface area contributed by atoms with E-state index in [9.17, 15) is 9.90 Å². The lowest BCUT2D eigenvalue weighted by Gasteiger charge is -2.34. The molecule has 1 fully saturated rings. The minimum absolute atomic E-state index is 0.712. The van der Waals surface area contributed by atoms with Crippen LogP contribution in [0, 0.1) is 0 Å². The Bertz CT molecular complexity index is 613. The van der Waals surface area contributed by atoms with Crippen LogP contribution in [0.1, 0.15) is 37.7 Å². The molecule has 4 heteroatoms. The van der Waals surface area contributed by atoms with E-state index < -0.39 is 11.4 Å². The molecule has 2 aromatic rings. The van der Waals surface area contributed by atoms with E-state index in [1.807, 2.05) is 18.2 Å². The quantitative estimate of drug-likeness (QED) is 0.897. The highest BCUT2D eigenvalue weighted by Crippen LogP contribution is 2.42. The van der Waals surface area contributed by atoms with Crippen LogP contribution in [0.4, 0.5) is 0 Å². The summed E-state index contributed by atoms with van der Waals surface area (Å²) in [4.78, 5) is 11.9. The van der Waals surface area contributed by atoms with Gasteiger partial charge in [0.1, 0.15) is 0 Å². The van der Waals surface area contributed by atoms with Gasteiger partial charge in [-0.1, -0.05) is 37.5 Å². The maximum Gasteiger partial charge on any atom is 0.314 e. The summed E-state index contributed by atoms with van der Waals surface area (Å²) in [5, 5.41) is 19.4. The Kier molecular flexibility index (Phi) is 2.93. The zero-order valence-corrected chi connectivity index (χ0v) is 10.7. The number of nitrogens with zero attached hydrogens (tertiary/aromatic N) is 2. The predicted octanol–water partition coefficient (Wildman–Crippen LogP) is 2.92. The van der Waals surface area contributed by atoms with Gasteiger partial charge in [0.15, 0.2) is 0 Å². The zero-order valence-electron chi connectivity index (χ0n) is 10.7. The summed E-state index contributed by atoms with van der Waals surface area (Å²) in [6, 6.07) is 5.80. The van der Waals surface area contributed by atoms with Crippen molar-refractivity contribution >= 4 is 16.7 Å². The fourth-order valence-electron chi connectivity index (χ4n) is 3.20. The maximum atomic E-state index is 11.9. The lowest BCUT2D eigenvalue weighted by molar-refractivity contribution is -0.145. The van der Waals surface area contributed by atoms with Crippen LogP contribution in [0.15, 0.2) is 30.6 Å². The van der Waals surface area contributed by atoms with E-state index in [1.165, 1.54) is 0 Å². The predicted molar refractivity (Wildman–Crippen MR) is 71.9 cm³/mol. The van der Waals surface area contributed by atoms with E-state index >= 15 is 0 Å². The molecule has 19 heavy (non-hydrogen) atoms. The van der Waals surface area contributed by atoms with Crippen LogP contribution in [0.5, 0.6) is 0 Å². The van der Waals surface area contributed by atoms with E-state index in [1.54, 1.807) is 12.4 Å². The molecule has 0 aliphatic heterocycles. The minimum Gasteiger partial charge on any atom is -0.481 e. The van der Waals surface area contributed by atoms with E-state index in [-0.39, 0.29) is 0 Å². The third-order valence-corrected chi connectivity index (χ3v) is 4.22. The van der Waals surface area contributed by atoms with Gasteiger partial charge in [0.05, 0.1) is 17.8 Å². The Morgan fingerprint density at radius 3 is 2.58 bits per heavy atom. The van der Waals surface area contributed by atoms with Gasteiger partial charge in [0, 0.05) is 10.8 Å². The highest BCUT2D eigenvalue weighted by atomic mass is 16.4. The lowest BCUT2D eigenvalue weighted by Crippen LogP contribution is -2.38. The molecule has 0 radical (unpaired) electrons. The summed E-state index contributed by atoms with van der Waals surface area (Å²) < 4.78 is 0. The summed E-state index contributed by atoms with van der Waals surface area (Å²) >= 11 is 0. The standard InChI is InChI=1S/C15H16N2O2/c18-14(19)15(7-2-1-3-8-15)13-6-4-5-11-9-16-17-10-12(11)13/h4-6,9-10H,1-3,7-8H2,(H,18,19). The largest absolute Gasteiger partial charge is 0.481 e. The molecule has 4 nitrogen and oxygen atoms in total. The van der Waals surface area contributed by atoms with Crippen molar-refractivity contribution in [2.45, 2.75) is 37.5 Å². The topological polar surface area (TPSA) is 63.1 Å².